The van der Waals surface area contributed by atoms with Gasteiger partial charge in [-0.3, -0.25) is 4.79 Å². The molecule has 0 saturated heterocycles. The molecule has 1 N–H and O–H groups in total. The van der Waals surface area contributed by atoms with Crippen molar-refractivity contribution in [2.45, 2.75) is 11.7 Å². The van der Waals surface area contributed by atoms with Gasteiger partial charge in [-0.25, -0.2) is 4.39 Å². The SMILES string of the molecule is CN(C)CC1(c2ccc(F)cc2)C(=O)c2ccccc2OC1O. The highest BCUT2D eigenvalue weighted by atomic mass is 19.1. The number of rotatable bonds is 3. The van der Waals surface area contributed by atoms with Crippen molar-refractivity contribution in [3.63, 3.8) is 0 Å². The molecule has 2 unspecified atom stereocenters. The fourth-order valence-electron chi connectivity index (χ4n) is 3.09. The molecular weight excluding hydrogens is 297 g/mol. The normalized spacial score (nSPS) is 23.5. The van der Waals surface area contributed by atoms with E-state index in [1.165, 1.54) is 24.3 Å². The molecule has 23 heavy (non-hydrogen) atoms. The number of hydrogen-bond donors (Lipinski definition) is 1. The second-order valence-electron chi connectivity index (χ2n) is 6.01. The Balaban J connectivity index is 2.19. The number of likely N-dealkylation sites (N-methyl/N-ethyl adjacent to an activating group) is 1. The maximum absolute atomic E-state index is 13.3. The van der Waals surface area contributed by atoms with Crippen LogP contribution in [0, 0.1) is 5.82 Å². The summed E-state index contributed by atoms with van der Waals surface area (Å²) in [6.45, 7) is 0.243. The van der Waals surface area contributed by atoms with Gasteiger partial charge in [0.2, 0.25) is 6.29 Å². The molecule has 1 aliphatic heterocycles. The molecule has 0 saturated carbocycles. The molecule has 120 valence electrons. The van der Waals surface area contributed by atoms with Gasteiger partial charge in [0, 0.05) is 6.54 Å². The van der Waals surface area contributed by atoms with Gasteiger partial charge in [0.05, 0.1) is 5.56 Å². The second kappa shape index (κ2) is 5.76. The Hall–Kier alpha value is -2.24. The van der Waals surface area contributed by atoms with Gasteiger partial charge < -0.3 is 14.7 Å². The van der Waals surface area contributed by atoms with E-state index in [1.54, 1.807) is 24.3 Å². The van der Waals surface area contributed by atoms with Crippen molar-refractivity contribution < 1.29 is 19.0 Å². The number of Topliss-reactive ketones (excluding diaryl/α,β-unsaturated/α-hetero) is 1. The van der Waals surface area contributed by atoms with E-state index < -0.39 is 17.5 Å². The molecule has 0 aliphatic carbocycles. The molecule has 0 bridgehead atoms. The van der Waals surface area contributed by atoms with E-state index in [1.807, 2.05) is 19.0 Å². The number of fused-ring (bicyclic) bond motifs is 1. The predicted molar refractivity (Wildman–Crippen MR) is 84.0 cm³/mol. The fourth-order valence-corrected chi connectivity index (χ4v) is 3.09. The van der Waals surface area contributed by atoms with Crippen LogP contribution in [0.15, 0.2) is 48.5 Å². The first-order valence-electron chi connectivity index (χ1n) is 7.34. The Morgan fingerprint density at radius 2 is 1.83 bits per heavy atom. The van der Waals surface area contributed by atoms with Crippen molar-refractivity contribution in [1.82, 2.24) is 4.90 Å². The lowest BCUT2D eigenvalue weighted by atomic mass is 9.71. The summed E-state index contributed by atoms with van der Waals surface area (Å²) < 4.78 is 18.9. The number of nitrogens with zero attached hydrogens (tertiary/aromatic N) is 1. The van der Waals surface area contributed by atoms with Crippen LogP contribution in [-0.4, -0.2) is 42.7 Å². The van der Waals surface area contributed by atoms with Crippen molar-refractivity contribution in [1.29, 1.82) is 0 Å². The van der Waals surface area contributed by atoms with Crippen molar-refractivity contribution >= 4 is 5.78 Å². The summed E-state index contributed by atoms with van der Waals surface area (Å²) in [6, 6.07) is 12.5. The summed E-state index contributed by atoms with van der Waals surface area (Å²) in [4.78, 5) is 15.0. The van der Waals surface area contributed by atoms with Gasteiger partial charge in [-0.05, 0) is 43.9 Å². The molecule has 1 heterocycles. The van der Waals surface area contributed by atoms with Crippen LogP contribution in [0.5, 0.6) is 5.75 Å². The van der Waals surface area contributed by atoms with E-state index in [0.717, 1.165) is 0 Å². The minimum atomic E-state index is -1.35. The highest BCUT2D eigenvalue weighted by Gasteiger charge is 2.52. The Morgan fingerprint density at radius 3 is 2.48 bits per heavy atom. The highest BCUT2D eigenvalue weighted by Crippen LogP contribution is 2.40. The Bertz CT molecular complexity index is 729. The summed E-state index contributed by atoms with van der Waals surface area (Å²) in [5, 5.41) is 10.6. The van der Waals surface area contributed by atoms with Crippen LogP contribution >= 0.6 is 0 Å². The minimum absolute atomic E-state index is 0.229. The maximum atomic E-state index is 13.3. The lowest BCUT2D eigenvalue weighted by Gasteiger charge is -2.42. The number of carbonyl (C=O) groups is 1. The standard InChI is InChI=1S/C18H18FNO3/c1-20(2)11-18(12-7-9-13(19)10-8-12)16(21)14-5-3-4-6-15(14)23-17(18)22/h3-10,17,22H,11H2,1-2H3. The largest absolute Gasteiger partial charge is 0.463 e. The molecular formula is C18H18FNO3. The Morgan fingerprint density at radius 1 is 1.17 bits per heavy atom. The number of halogens is 1. The molecule has 1 aliphatic rings. The van der Waals surface area contributed by atoms with E-state index in [2.05, 4.69) is 0 Å². The first-order chi connectivity index (χ1) is 10.9. The number of hydrogen-bond acceptors (Lipinski definition) is 4. The summed E-state index contributed by atoms with van der Waals surface area (Å²) in [5.41, 5.74) is -0.352. The van der Waals surface area contributed by atoms with E-state index in [4.69, 9.17) is 4.74 Å². The Kier molecular flexibility index (Phi) is 3.92. The monoisotopic (exact) mass is 315 g/mol. The molecule has 3 rings (SSSR count). The van der Waals surface area contributed by atoms with Crippen LogP contribution in [0.25, 0.3) is 0 Å². The molecule has 0 amide bonds. The average molecular weight is 315 g/mol. The van der Waals surface area contributed by atoms with Crippen molar-refractivity contribution in [2.24, 2.45) is 0 Å². The number of para-hydroxylation sites is 1. The Labute approximate surface area is 134 Å². The van der Waals surface area contributed by atoms with Crippen molar-refractivity contribution in [3.8, 4) is 5.75 Å². The van der Waals surface area contributed by atoms with Crippen LogP contribution in [0.2, 0.25) is 0 Å². The lowest BCUT2D eigenvalue weighted by Crippen LogP contribution is -2.57. The fraction of sp³-hybridized carbons (Fsp3) is 0.278. The van der Waals surface area contributed by atoms with E-state index in [9.17, 15) is 14.3 Å². The molecule has 4 nitrogen and oxygen atoms in total. The number of ketones is 1. The minimum Gasteiger partial charge on any atom is -0.463 e. The molecule has 0 aromatic heterocycles. The van der Waals surface area contributed by atoms with Gasteiger partial charge in [-0.1, -0.05) is 24.3 Å². The van der Waals surface area contributed by atoms with Gasteiger partial charge in [-0.15, -0.1) is 0 Å². The lowest BCUT2D eigenvalue weighted by molar-refractivity contribution is -0.0800. The topological polar surface area (TPSA) is 49.8 Å². The quantitative estimate of drug-likeness (QED) is 0.943. The third kappa shape index (κ3) is 2.52. The average Bonchev–Trinajstić information content (AvgIpc) is 2.52. The van der Waals surface area contributed by atoms with Gasteiger partial charge in [0.15, 0.2) is 5.78 Å². The number of carbonyl (C=O) groups excluding carboxylic acids is 1. The van der Waals surface area contributed by atoms with Gasteiger partial charge in [-0.2, -0.15) is 0 Å². The molecule has 0 spiro atoms. The predicted octanol–water partition coefficient (Wildman–Crippen LogP) is 2.22. The van der Waals surface area contributed by atoms with Crippen LogP contribution in [0.4, 0.5) is 4.39 Å². The van der Waals surface area contributed by atoms with Crippen LogP contribution < -0.4 is 4.74 Å². The molecule has 0 fully saturated rings. The zero-order valence-electron chi connectivity index (χ0n) is 13.0. The van der Waals surface area contributed by atoms with Crippen LogP contribution in [0.3, 0.4) is 0 Å². The molecule has 5 heteroatoms. The number of ether oxygens (including phenoxy) is 1. The zero-order valence-corrected chi connectivity index (χ0v) is 13.0. The van der Waals surface area contributed by atoms with Crippen molar-refractivity contribution in [3.05, 3.63) is 65.5 Å². The maximum Gasteiger partial charge on any atom is 0.215 e. The van der Waals surface area contributed by atoms with Crippen LogP contribution in [0.1, 0.15) is 15.9 Å². The van der Waals surface area contributed by atoms with Crippen LogP contribution in [-0.2, 0) is 5.41 Å². The smallest absolute Gasteiger partial charge is 0.215 e. The summed E-state index contributed by atoms with van der Waals surface area (Å²) in [5.74, 6) is -0.263. The molecule has 0 radical (unpaired) electrons. The number of benzene rings is 2. The summed E-state index contributed by atoms with van der Waals surface area (Å²) in [7, 11) is 3.62. The third-order valence-corrected chi connectivity index (χ3v) is 4.12. The number of aliphatic hydroxyl groups excluding tert-OH is 1. The summed E-state index contributed by atoms with van der Waals surface area (Å²) >= 11 is 0. The van der Waals surface area contributed by atoms with E-state index >= 15 is 0 Å². The molecule has 2 aromatic rings. The van der Waals surface area contributed by atoms with E-state index in [-0.39, 0.29) is 12.3 Å². The van der Waals surface area contributed by atoms with Gasteiger partial charge >= 0.3 is 0 Å². The van der Waals surface area contributed by atoms with Crippen molar-refractivity contribution in [2.75, 3.05) is 20.6 Å². The second-order valence-corrected chi connectivity index (χ2v) is 6.01. The third-order valence-electron chi connectivity index (χ3n) is 4.12. The first kappa shape index (κ1) is 15.6. The zero-order chi connectivity index (χ0) is 16.6. The van der Waals surface area contributed by atoms with Gasteiger partial charge in [0.25, 0.3) is 0 Å². The first-order valence-corrected chi connectivity index (χ1v) is 7.34. The van der Waals surface area contributed by atoms with Gasteiger partial charge in [0.1, 0.15) is 17.0 Å². The number of aliphatic hydroxyl groups is 1. The highest BCUT2D eigenvalue weighted by molar-refractivity contribution is 6.07. The summed E-state index contributed by atoms with van der Waals surface area (Å²) in [6.07, 6.45) is -1.35. The molecule has 2 atom stereocenters. The molecule has 2 aromatic carbocycles. The van der Waals surface area contributed by atoms with E-state index in [0.29, 0.717) is 16.9 Å².